The lowest BCUT2D eigenvalue weighted by atomic mass is 10.1. The molecule has 0 bridgehead atoms. The Bertz CT molecular complexity index is 1690. The zero-order chi connectivity index (χ0) is 27.5. The van der Waals surface area contributed by atoms with Crippen LogP contribution in [0, 0.1) is 6.92 Å². The maximum absolute atomic E-state index is 12.7. The fourth-order valence-electron chi connectivity index (χ4n) is 4.45. The quantitative estimate of drug-likeness (QED) is 0.211. The number of anilines is 1. The van der Waals surface area contributed by atoms with Gasteiger partial charge in [-0.15, -0.1) is 0 Å². The number of imidazole rings is 1. The number of benzene rings is 2. The molecule has 3 heterocycles. The smallest absolute Gasteiger partial charge is 0.491 e. The Labute approximate surface area is 229 Å². The van der Waals surface area contributed by atoms with Gasteiger partial charge >= 0.3 is 22.5 Å². The summed E-state index contributed by atoms with van der Waals surface area (Å²) in [5.74, 6) is 1.40. The van der Waals surface area contributed by atoms with Crippen LogP contribution in [0.3, 0.4) is 0 Å². The average Bonchev–Trinajstić information content (AvgIpc) is 3.53. The zero-order valence-electron chi connectivity index (χ0n) is 22.0. The van der Waals surface area contributed by atoms with Crippen LogP contribution < -0.4 is 10.1 Å². The van der Waals surface area contributed by atoms with Gasteiger partial charge in [0.25, 0.3) is 0 Å². The number of ether oxygens (including phenoxy) is 2. The third kappa shape index (κ3) is 5.08. The highest BCUT2D eigenvalue weighted by atomic mass is 32.1. The Balaban J connectivity index is 1.57. The van der Waals surface area contributed by atoms with E-state index in [1.165, 1.54) is 7.11 Å². The highest BCUT2D eigenvalue weighted by Gasteiger charge is 2.23. The third-order valence-corrected chi connectivity index (χ3v) is 6.77. The van der Waals surface area contributed by atoms with Crippen molar-refractivity contribution >= 4 is 29.1 Å². The van der Waals surface area contributed by atoms with E-state index in [2.05, 4.69) is 21.4 Å². The number of methoxy groups -OCH3 is 1. The molecule has 3 aromatic heterocycles. The van der Waals surface area contributed by atoms with Gasteiger partial charge in [0.1, 0.15) is 11.6 Å². The summed E-state index contributed by atoms with van der Waals surface area (Å²) in [7, 11) is 3.48. The molecular formula is C28H27N6O4S+. The first kappa shape index (κ1) is 26.0. The monoisotopic (exact) mass is 543 g/mol. The van der Waals surface area contributed by atoms with Crippen LogP contribution in [0.2, 0.25) is 0 Å². The number of esters is 1. The number of nitrogens with zero attached hydrogens (tertiary/aromatic N) is 5. The van der Waals surface area contributed by atoms with Crippen LogP contribution >= 0.6 is 0 Å². The predicted octanol–water partition coefficient (Wildman–Crippen LogP) is 4.69. The molecule has 0 spiro atoms. The summed E-state index contributed by atoms with van der Waals surface area (Å²) in [6, 6.07) is 15.0. The number of nitrogens with one attached hydrogen (secondary N) is 1. The Morgan fingerprint density at radius 1 is 1.13 bits per heavy atom. The van der Waals surface area contributed by atoms with E-state index >= 15 is 0 Å². The Hall–Kier alpha value is -4.64. The first-order chi connectivity index (χ1) is 18.9. The van der Waals surface area contributed by atoms with E-state index in [-0.39, 0.29) is 12.3 Å². The third-order valence-electron chi connectivity index (χ3n) is 6.27. The summed E-state index contributed by atoms with van der Waals surface area (Å²) in [4.78, 5) is 22.3. The Morgan fingerprint density at radius 2 is 1.97 bits per heavy atom. The van der Waals surface area contributed by atoms with E-state index in [4.69, 9.17) is 14.6 Å². The van der Waals surface area contributed by atoms with Gasteiger partial charge in [0.2, 0.25) is 0 Å². The van der Waals surface area contributed by atoms with E-state index in [0.29, 0.717) is 51.6 Å². The van der Waals surface area contributed by atoms with Crippen LogP contribution in [-0.4, -0.2) is 43.8 Å². The summed E-state index contributed by atoms with van der Waals surface area (Å²) < 4.78 is 25.9. The van der Waals surface area contributed by atoms with Gasteiger partial charge in [-0.25, -0.2) is 14.8 Å². The lowest BCUT2D eigenvalue weighted by Crippen LogP contribution is -2.12. The summed E-state index contributed by atoms with van der Waals surface area (Å²) in [6.45, 7) is 4.30. The number of fused-ring (bicyclic) bond motifs is 1. The second kappa shape index (κ2) is 11.0. The molecule has 10 nitrogen and oxygen atoms in total. The molecule has 0 aliphatic rings. The minimum Gasteiger partial charge on any atom is -0.491 e. The number of hydrogen-bond acceptors (Lipinski definition) is 8. The van der Waals surface area contributed by atoms with Crippen LogP contribution in [0.15, 0.2) is 65.8 Å². The van der Waals surface area contributed by atoms with Crippen molar-refractivity contribution in [3.05, 3.63) is 77.9 Å². The molecule has 0 saturated heterocycles. The lowest BCUT2D eigenvalue weighted by molar-refractivity contribution is 0.0519. The molecule has 0 radical (unpaired) electrons. The van der Waals surface area contributed by atoms with Crippen molar-refractivity contribution in [2.75, 3.05) is 19.0 Å². The van der Waals surface area contributed by atoms with Crippen LogP contribution in [-0.2, 0) is 34.2 Å². The van der Waals surface area contributed by atoms with Crippen molar-refractivity contribution in [1.82, 2.24) is 24.1 Å². The molecule has 2 aromatic carbocycles. The van der Waals surface area contributed by atoms with Crippen LogP contribution in [0.1, 0.15) is 28.7 Å². The fraction of sp³-hybridized carbons (Fsp3) is 0.214. The zero-order valence-corrected chi connectivity index (χ0v) is 22.8. The summed E-state index contributed by atoms with van der Waals surface area (Å²) in [6.07, 6.45) is 3.67. The van der Waals surface area contributed by atoms with Crippen LogP contribution in [0.25, 0.3) is 28.2 Å². The average molecular weight is 544 g/mol. The largest absolute Gasteiger partial charge is 0.509 e. The Morgan fingerprint density at radius 3 is 2.69 bits per heavy atom. The minimum absolute atomic E-state index is 0.154. The van der Waals surface area contributed by atoms with Crippen LogP contribution in [0.5, 0.6) is 5.75 Å². The van der Waals surface area contributed by atoms with E-state index in [0.717, 1.165) is 22.5 Å². The van der Waals surface area contributed by atoms with Gasteiger partial charge in [-0.1, -0.05) is 24.3 Å². The maximum Gasteiger partial charge on any atom is 0.509 e. The molecular weight excluding hydrogens is 516 g/mol. The molecule has 5 rings (SSSR count). The minimum atomic E-state index is -0.532. The SMILES string of the molecule is CCOC(=O)c1cc(NCc2cccc(-c3nccn3C)c2)n2nc(C)c(-c3ccc(OC)c([S+]=O)c3)c2n1. The Kier molecular flexibility index (Phi) is 7.33. The van der Waals surface area contributed by atoms with Crippen molar-refractivity contribution in [1.29, 1.82) is 0 Å². The van der Waals surface area contributed by atoms with Gasteiger partial charge in [0.15, 0.2) is 17.1 Å². The molecule has 0 aliphatic carbocycles. The standard InChI is InChI=1S/C28H27N6O4S/c1-5-38-28(35)21-15-24(30-16-18-7-6-8-20(13-18)26-29-11-12-33(26)3)34-27(31-21)25(17(2)32-34)19-9-10-22(37-4)23(14-19)39-36/h6-15,30H,5,16H2,1-4H3/q+1. The van der Waals surface area contributed by atoms with Gasteiger partial charge in [-0.05, 0) is 37.1 Å². The molecule has 0 amide bonds. The van der Waals surface area contributed by atoms with Crippen molar-refractivity contribution in [2.45, 2.75) is 25.3 Å². The molecule has 5 aromatic rings. The lowest BCUT2D eigenvalue weighted by Gasteiger charge is -2.12. The first-order valence-corrected chi connectivity index (χ1v) is 13.0. The van der Waals surface area contributed by atoms with E-state index in [1.807, 2.05) is 49.0 Å². The normalized spacial score (nSPS) is 11.0. The molecule has 1 N–H and O–H groups in total. The molecule has 0 unspecified atom stereocenters. The summed E-state index contributed by atoms with van der Waals surface area (Å²) in [5, 5.41) is 8.14. The molecule has 0 saturated carbocycles. The predicted molar refractivity (Wildman–Crippen MR) is 148 cm³/mol. The maximum atomic E-state index is 12.7. The van der Waals surface area contributed by atoms with Crippen molar-refractivity contribution in [3.63, 3.8) is 0 Å². The van der Waals surface area contributed by atoms with E-state index < -0.39 is 5.97 Å². The summed E-state index contributed by atoms with van der Waals surface area (Å²) in [5.41, 5.74) is 4.78. The number of carbonyl (C=O) groups excluding carboxylic acids is 1. The fourth-order valence-corrected chi connectivity index (χ4v) is 4.86. The molecule has 198 valence electrons. The van der Waals surface area contributed by atoms with Crippen molar-refractivity contribution in [2.24, 2.45) is 7.05 Å². The number of carbonyl (C=O) groups is 1. The van der Waals surface area contributed by atoms with Gasteiger partial charge in [-0.2, -0.15) is 9.61 Å². The second-order valence-corrected chi connectivity index (χ2v) is 9.41. The topological polar surface area (TPSA) is 113 Å². The van der Waals surface area contributed by atoms with Crippen molar-refractivity contribution < 1.29 is 18.5 Å². The second-order valence-electron chi connectivity index (χ2n) is 8.81. The van der Waals surface area contributed by atoms with E-state index in [1.54, 1.807) is 35.8 Å². The highest BCUT2D eigenvalue weighted by molar-refractivity contribution is 7.65. The summed E-state index contributed by atoms with van der Waals surface area (Å²) >= 11 is 0.352. The molecule has 0 atom stereocenters. The van der Waals surface area contributed by atoms with Crippen molar-refractivity contribution in [3.8, 4) is 28.3 Å². The highest BCUT2D eigenvalue weighted by Crippen LogP contribution is 2.33. The van der Waals surface area contributed by atoms with Gasteiger partial charge in [0.05, 0.1) is 19.4 Å². The molecule has 0 aliphatic heterocycles. The molecule has 11 heteroatoms. The van der Waals surface area contributed by atoms with Gasteiger partial charge in [0, 0.05) is 53.5 Å². The van der Waals surface area contributed by atoms with Gasteiger partial charge < -0.3 is 19.4 Å². The molecule has 0 fully saturated rings. The molecule has 39 heavy (non-hydrogen) atoms. The number of hydrogen-bond donors (Lipinski definition) is 1. The first-order valence-electron chi connectivity index (χ1n) is 12.3. The van der Waals surface area contributed by atoms with Gasteiger partial charge in [-0.3, -0.25) is 0 Å². The number of aryl methyl sites for hydroxylation is 2. The van der Waals surface area contributed by atoms with E-state index in [9.17, 15) is 9.00 Å². The number of aromatic nitrogens is 5. The number of rotatable bonds is 9. The van der Waals surface area contributed by atoms with Crippen LogP contribution in [0.4, 0.5) is 5.82 Å².